The molecule has 1 aliphatic heterocycles. The van der Waals surface area contributed by atoms with E-state index in [-0.39, 0.29) is 6.04 Å². The number of nitrogen functional groups attached to an aromatic ring is 1. The van der Waals surface area contributed by atoms with Crippen molar-refractivity contribution >= 4 is 33.5 Å². The number of likely N-dealkylation sites (N-methyl/N-ethyl adjacent to an activating group) is 1. The Hall–Kier alpha value is -4.84. The quantitative estimate of drug-likeness (QED) is 0.134. The van der Waals surface area contributed by atoms with Crippen molar-refractivity contribution in [2.45, 2.75) is 18.9 Å². The molecule has 0 amide bonds. The van der Waals surface area contributed by atoms with Gasteiger partial charge in [-0.2, -0.15) is 0 Å². The van der Waals surface area contributed by atoms with Crippen molar-refractivity contribution in [1.29, 1.82) is 0 Å². The zero-order valence-corrected chi connectivity index (χ0v) is 26.2. The first-order chi connectivity index (χ1) is 21.9. The van der Waals surface area contributed by atoms with Crippen LogP contribution in [0.15, 0.2) is 134 Å². The lowest BCUT2D eigenvalue weighted by Crippen LogP contribution is -2.50. The molecular formula is C40H43N5. The van der Waals surface area contributed by atoms with Gasteiger partial charge in [-0.05, 0) is 77.2 Å². The average molecular weight is 594 g/mol. The third kappa shape index (κ3) is 7.46. The van der Waals surface area contributed by atoms with Gasteiger partial charge in [-0.15, -0.1) is 0 Å². The van der Waals surface area contributed by atoms with Crippen molar-refractivity contribution in [3.63, 3.8) is 0 Å². The standard InChI is InChI=1S/C40H43N5/c1-29(43-39-28-36(19-21-38(39)41)33-9-5-4-6-10-33)32-16-13-31(14-17-32)15-22-40(45-25-23-44(3)24-26-45)30(2)42-37-20-18-34-11-7-8-12-35(34)27-37/h4-14,16-21,27-28,40,42-43H,1-2,15,22-26,41H2,3H3. The fourth-order valence-corrected chi connectivity index (χ4v) is 6.13. The molecule has 228 valence electrons. The zero-order valence-electron chi connectivity index (χ0n) is 26.2. The Labute approximate surface area is 267 Å². The first kappa shape index (κ1) is 30.2. The van der Waals surface area contributed by atoms with Crippen molar-refractivity contribution in [2.24, 2.45) is 0 Å². The van der Waals surface area contributed by atoms with Gasteiger partial charge in [0.1, 0.15) is 0 Å². The summed E-state index contributed by atoms with van der Waals surface area (Å²) in [6.07, 6.45) is 1.95. The van der Waals surface area contributed by atoms with E-state index in [9.17, 15) is 0 Å². The van der Waals surface area contributed by atoms with Crippen LogP contribution in [0.3, 0.4) is 0 Å². The molecule has 1 fully saturated rings. The van der Waals surface area contributed by atoms with Crippen LogP contribution in [0.1, 0.15) is 17.5 Å². The molecule has 5 aromatic rings. The van der Waals surface area contributed by atoms with Crippen LogP contribution in [-0.2, 0) is 6.42 Å². The maximum Gasteiger partial charge on any atom is 0.0624 e. The molecule has 1 aliphatic rings. The minimum absolute atomic E-state index is 0.237. The highest BCUT2D eigenvalue weighted by Gasteiger charge is 2.25. The van der Waals surface area contributed by atoms with Crippen molar-refractivity contribution in [3.8, 4) is 11.1 Å². The Kier molecular flexibility index (Phi) is 9.30. The predicted octanol–water partition coefficient (Wildman–Crippen LogP) is 8.35. The maximum absolute atomic E-state index is 6.33. The van der Waals surface area contributed by atoms with Gasteiger partial charge in [0.05, 0.1) is 11.4 Å². The van der Waals surface area contributed by atoms with Gasteiger partial charge < -0.3 is 21.3 Å². The van der Waals surface area contributed by atoms with E-state index < -0.39 is 0 Å². The second kappa shape index (κ2) is 13.9. The van der Waals surface area contributed by atoms with Crippen LogP contribution in [0, 0.1) is 0 Å². The highest BCUT2D eigenvalue weighted by Crippen LogP contribution is 2.30. The second-order valence-corrected chi connectivity index (χ2v) is 12.1. The zero-order chi connectivity index (χ0) is 31.2. The number of hydrogen-bond acceptors (Lipinski definition) is 5. The van der Waals surface area contributed by atoms with E-state index in [0.717, 1.165) is 78.5 Å². The number of nitrogens with two attached hydrogens (primary N) is 1. The molecule has 0 aliphatic carbocycles. The highest BCUT2D eigenvalue weighted by atomic mass is 15.3. The molecule has 1 saturated heterocycles. The van der Waals surface area contributed by atoms with E-state index in [0.29, 0.717) is 5.69 Å². The van der Waals surface area contributed by atoms with Gasteiger partial charge in [-0.3, -0.25) is 4.90 Å². The summed E-state index contributed by atoms with van der Waals surface area (Å²) in [5.41, 5.74) is 15.5. The molecule has 5 aromatic carbocycles. The van der Waals surface area contributed by atoms with E-state index in [4.69, 9.17) is 5.73 Å². The largest absolute Gasteiger partial charge is 0.397 e. The van der Waals surface area contributed by atoms with Gasteiger partial charge in [-0.25, -0.2) is 0 Å². The smallest absolute Gasteiger partial charge is 0.0624 e. The number of anilines is 3. The van der Waals surface area contributed by atoms with E-state index >= 15 is 0 Å². The SMILES string of the molecule is C=C(Nc1cc(-c2ccccc2)ccc1N)c1ccc(CCC(C(=C)Nc2ccc3ccccc3c2)N2CCN(C)CC2)cc1. The maximum atomic E-state index is 6.33. The number of nitrogens with one attached hydrogen (secondary N) is 2. The Morgan fingerprint density at radius 3 is 2.20 bits per heavy atom. The number of fused-ring (bicyclic) bond motifs is 1. The predicted molar refractivity (Wildman–Crippen MR) is 193 cm³/mol. The lowest BCUT2D eigenvalue weighted by molar-refractivity contribution is 0.122. The van der Waals surface area contributed by atoms with Crippen LogP contribution in [0.5, 0.6) is 0 Å². The van der Waals surface area contributed by atoms with Gasteiger partial charge in [0.15, 0.2) is 0 Å². The molecule has 0 radical (unpaired) electrons. The third-order valence-corrected chi connectivity index (χ3v) is 8.89. The van der Waals surface area contributed by atoms with Crippen LogP contribution in [0.25, 0.3) is 27.6 Å². The molecule has 4 N–H and O–H groups in total. The molecule has 1 heterocycles. The number of benzene rings is 5. The van der Waals surface area contributed by atoms with Gasteiger partial charge >= 0.3 is 0 Å². The molecule has 0 bridgehead atoms. The van der Waals surface area contributed by atoms with Gasteiger partial charge in [0.2, 0.25) is 0 Å². The molecule has 5 nitrogen and oxygen atoms in total. The topological polar surface area (TPSA) is 56.6 Å². The molecule has 45 heavy (non-hydrogen) atoms. The fraction of sp³-hybridized carbons (Fsp3) is 0.200. The molecule has 1 atom stereocenters. The summed E-state index contributed by atoms with van der Waals surface area (Å²) < 4.78 is 0. The van der Waals surface area contributed by atoms with Crippen LogP contribution >= 0.6 is 0 Å². The summed E-state index contributed by atoms with van der Waals surface area (Å²) >= 11 is 0. The first-order valence-electron chi connectivity index (χ1n) is 15.8. The van der Waals surface area contributed by atoms with E-state index in [1.807, 2.05) is 24.3 Å². The van der Waals surface area contributed by atoms with Gasteiger partial charge in [0, 0.05) is 49.3 Å². The van der Waals surface area contributed by atoms with Crippen LogP contribution < -0.4 is 16.4 Å². The number of nitrogens with zero attached hydrogens (tertiary/aromatic N) is 2. The summed E-state index contributed by atoms with van der Waals surface area (Å²) in [6, 6.07) is 40.4. The Morgan fingerprint density at radius 2 is 1.44 bits per heavy atom. The highest BCUT2D eigenvalue weighted by molar-refractivity contribution is 5.86. The molecule has 0 spiro atoms. The average Bonchev–Trinajstić information content (AvgIpc) is 3.07. The van der Waals surface area contributed by atoms with Crippen molar-refractivity contribution in [2.75, 3.05) is 49.6 Å². The van der Waals surface area contributed by atoms with Crippen LogP contribution in [0.2, 0.25) is 0 Å². The molecule has 0 aromatic heterocycles. The number of rotatable bonds is 11. The first-order valence-corrected chi connectivity index (χ1v) is 15.8. The van der Waals surface area contributed by atoms with Gasteiger partial charge in [0.25, 0.3) is 0 Å². The summed E-state index contributed by atoms with van der Waals surface area (Å²) in [4.78, 5) is 4.99. The summed E-state index contributed by atoms with van der Waals surface area (Å²) in [7, 11) is 2.20. The third-order valence-electron chi connectivity index (χ3n) is 8.89. The van der Waals surface area contributed by atoms with E-state index in [2.05, 4.69) is 132 Å². The lowest BCUT2D eigenvalue weighted by Gasteiger charge is -2.39. The molecule has 6 rings (SSSR count). The fourth-order valence-electron chi connectivity index (χ4n) is 6.13. The monoisotopic (exact) mass is 593 g/mol. The normalized spacial score (nSPS) is 14.6. The molecular weight excluding hydrogens is 550 g/mol. The molecule has 1 unspecified atom stereocenters. The van der Waals surface area contributed by atoms with Crippen LogP contribution in [-0.4, -0.2) is 49.1 Å². The van der Waals surface area contributed by atoms with E-state index in [1.54, 1.807) is 0 Å². The van der Waals surface area contributed by atoms with Crippen molar-refractivity contribution < 1.29 is 0 Å². The Balaban J connectivity index is 1.11. The molecule has 0 saturated carbocycles. The van der Waals surface area contributed by atoms with Crippen LogP contribution in [0.4, 0.5) is 17.1 Å². The van der Waals surface area contributed by atoms with Gasteiger partial charge in [-0.1, -0.05) is 104 Å². The number of aryl methyl sites for hydroxylation is 1. The summed E-state index contributed by atoms with van der Waals surface area (Å²) in [5, 5.41) is 9.59. The Bertz CT molecular complexity index is 1770. The van der Waals surface area contributed by atoms with Crippen molar-refractivity contribution in [3.05, 3.63) is 145 Å². The minimum Gasteiger partial charge on any atom is -0.397 e. The second-order valence-electron chi connectivity index (χ2n) is 12.1. The van der Waals surface area contributed by atoms with Crippen molar-refractivity contribution in [1.82, 2.24) is 9.80 Å². The van der Waals surface area contributed by atoms with E-state index in [1.165, 1.54) is 16.3 Å². The number of hydrogen-bond donors (Lipinski definition) is 3. The minimum atomic E-state index is 0.237. The summed E-state index contributed by atoms with van der Waals surface area (Å²) in [5.74, 6) is 0. The lowest BCUT2D eigenvalue weighted by atomic mass is 9.99. The summed E-state index contributed by atoms with van der Waals surface area (Å²) in [6.45, 7) is 13.1. The number of piperazine rings is 1. The molecule has 5 heteroatoms. The Morgan fingerprint density at radius 1 is 0.733 bits per heavy atom.